The lowest BCUT2D eigenvalue weighted by atomic mass is 10.1. The first-order valence-electron chi connectivity index (χ1n) is 9.46. The zero-order valence-corrected chi connectivity index (χ0v) is 18.8. The Morgan fingerprint density at radius 2 is 1.80 bits per heavy atom. The van der Waals surface area contributed by atoms with Crippen LogP contribution in [0.5, 0.6) is 0 Å². The van der Waals surface area contributed by atoms with E-state index in [0.29, 0.717) is 16.3 Å². The highest BCUT2D eigenvalue weighted by Crippen LogP contribution is 2.25. The Hall–Kier alpha value is -2.94. The first kappa shape index (κ1) is 21.8. The van der Waals surface area contributed by atoms with Crippen molar-refractivity contribution in [3.8, 4) is 5.69 Å². The van der Waals surface area contributed by atoms with Gasteiger partial charge in [0.25, 0.3) is 0 Å². The highest BCUT2D eigenvalue weighted by Gasteiger charge is 2.22. The van der Waals surface area contributed by atoms with Crippen LogP contribution in [0.3, 0.4) is 0 Å². The lowest BCUT2D eigenvalue weighted by Crippen LogP contribution is -2.24. The van der Waals surface area contributed by atoms with E-state index >= 15 is 0 Å². The zero-order chi connectivity index (χ0) is 22.1. The topological polar surface area (TPSA) is 91.9 Å². The summed E-state index contributed by atoms with van der Waals surface area (Å²) in [5.74, 6) is -0.135. The van der Waals surface area contributed by atoms with E-state index in [-0.39, 0.29) is 23.0 Å². The van der Waals surface area contributed by atoms with E-state index in [9.17, 15) is 9.59 Å². The number of hydrogen-bond acceptors (Lipinski definition) is 7. The second-order valence-electron chi connectivity index (χ2n) is 7.91. The molecule has 0 unspecified atom stereocenters. The molecule has 0 saturated carbocycles. The van der Waals surface area contributed by atoms with Gasteiger partial charge in [-0.25, -0.2) is 9.48 Å². The molecule has 0 aliphatic rings. The number of aryl methyl sites for hydroxylation is 1. The van der Waals surface area contributed by atoms with Gasteiger partial charge in [-0.1, -0.05) is 11.8 Å². The van der Waals surface area contributed by atoms with Gasteiger partial charge in [0.15, 0.2) is 5.78 Å². The molecule has 9 heteroatoms. The van der Waals surface area contributed by atoms with Crippen molar-refractivity contribution < 1.29 is 14.3 Å². The van der Waals surface area contributed by atoms with Gasteiger partial charge in [0.2, 0.25) is 5.16 Å². The average Bonchev–Trinajstić information content (AvgIpc) is 3.30. The number of methoxy groups -OCH3 is 1. The van der Waals surface area contributed by atoms with Crippen molar-refractivity contribution in [2.45, 2.75) is 45.3 Å². The summed E-state index contributed by atoms with van der Waals surface area (Å²) in [6, 6.07) is 8.99. The van der Waals surface area contributed by atoms with E-state index < -0.39 is 0 Å². The van der Waals surface area contributed by atoms with Crippen LogP contribution in [-0.4, -0.2) is 49.4 Å². The monoisotopic (exact) mass is 427 g/mol. The molecule has 0 aliphatic carbocycles. The fourth-order valence-electron chi connectivity index (χ4n) is 3.20. The smallest absolute Gasteiger partial charge is 0.337 e. The lowest BCUT2D eigenvalue weighted by molar-refractivity contribution is 0.0600. The third-order valence-corrected chi connectivity index (χ3v) is 5.61. The number of aromatic nitrogens is 5. The number of tetrazole rings is 1. The summed E-state index contributed by atoms with van der Waals surface area (Å²) in [5, 5.41) is 12.4. The van der Waals surface area contributed by atoms with Crippen LogP contribution in [0.25, 0.3) is 5.69 Å². The SMILES string of the molecule is COC(=O)c1ccc(-n2c(C)cc(C(=O)CSc3nnnn3C(C)(C)C)c2C)cc1. The molecule has 0 atom stereocenters. The van der Waals surface area contributed by atoms with Crippen molar-refractivity contribution in [3.63, 3.8) is 0 Å². The van der Waals surface area contributed by atoms with Crippen molar-refractivity contribution in [1.29, 1.82) is 0 Å². The quantitative estimate of drug-likeness (QED) is 0.337. The van der Waals surface area contributed by atoms with E-state index in [1.165, 1.54) is 18.9 Å². The van der Waals surface area contributed by atoms with E-state index in [2.05, 4.69) is 15.5 Å². The molecular weight excluding hydrogens is 402 g/mol. The molecule has 0 saturated heterocycles. The summed E-state index contributed by atoms with van der Waals surface area (Å²) in [6.07, 6.45) is 0. The van der Waals surface area contributed by atoms with Gasteiger partial charge in [-0.3, -0.25) is 4.79 Å². The highest BCUT2D eigenvalue weighted by atomic mass is 32.2. The molecule has 0 radical (unpaired) electrons. The first-order chi connectivity index (χ1) is 14.1. The Balaban J connectivity index is 1.81. The molecular formula is C21H25N5O3S. The lowest BCUT2D eigenvalue weighted by Gasteiger charge is -2.19. The van der Waals surface area contributed by atoms with Gasteiger partial charge in [-0.15, -0.1) is 5.10 Å². The molecule has 8 nitrogen and oxygen atoms in total. The van der Waals surface area contributed by atoms with E-state index in [1.807, 2.05) is 57.4 Å². The van der Waals surface area contributed by atoms with Crippen molar-refractivity contribution in [1.82, 2.24) is 24.8 Å². The van der Waals surface area contributed by atoms with Gasteiger partial charge in [-0.05, 0) is 75.4 Å². The number of Topliss-reactive ketones (excluding diaryl/α,β-unsaturated/α-hetero) is 1. The first-order valence-corrected chi connectivity index (χ1v) is 10.4. The number of benzene rings is 1. The summed E-state index contributed by atoms with van der Waals surface area (Å²) in [5.41, 5.74) is 3.53. The maximum absolute atomic E-state index is 12.9. The number of carbonyl (C=O) groups is 2. The largest absolute Gasteiger partial charge is 0.465 e. The number of hydrogen-bond donors (Lipinski definition) is 0. The van der Waals surface area contributed by atoms with Gasteiger partial charge in [0.1, 0.15) is 0 Å². The van der Waals surface area contributed by atoms with E-state index in [0.717, 1.165) is 17.1 Å². The highest BCUT2D eigenvalue weighted by molar-refractivity contribution is 7.99. The molecule has 0 aliphatic heterocycles. The normalized spacial score (nSPS) is 11.5. The number of nitrogens with zero attached hydrogens (tertiary/aromatic N) is 5. The van der Waals surface area contributed by atoms with Gasteiger partial charge < -0.3 is 9.30 Å². The van der Waals surface area contributed by atoms with Crippen LogP contribution in [0.4, 0.5) is 0 Å². The predicted molar refractivity (Wildman–Crippen MR) is 114 cm³/mol. The predicted octanol–water partition coefficient (Wildman–Crippen LogP) is 3.60. The number of carbonyl (C=O) groups excluding carboxylic acids is 2. The van der Waals surface area contributed by atoms with Crippen LogP contribution in [-0.2, 0) is 10.3 Å². The summed E-state index contributed by atoms with van der Waals surface area (Å²) < 4.78 is 8.46. The second kappa shape index (κ2) is 8.43. The number of ketones is 1. The minimum absolute atomic E-state index is 0.00832. The molecule has 0 spiro atoms. The van der Waals surface area contributed by atoms with Crippen molar-refractivity contribution in [2.75, 3.05) is 12.9 Å². The average molecular weight is 428 g/mol. The van der Waals surface area contributed by atoms with Crippen LogP contribution >= 0.6 is 11.8 Å². The third-order valence-electron chi connectivity index (χ3n) is 4.69. The fourth-order valence-corrected chi connectivity index (χ4v) is 4.15. The molecule has 2 heterocycles. The van der Waals surface area contributed by atoms with Gasteiger partial charge in [0, 0.05) is 22.6 Å². The molecule has 0 amide bonds. The van der Waals surface area contributed by atoms with Gasteiger partial charge in [0.05, 0.1) is 24.0 Å². The molecule has 2 aromatic heterocycles. The van der Waals surface area contributed by atoms with Crippen LogP contribution < -0.4 is 0 Å². The van der Waals surface area contributed by atoms with Gasteiger partial charge >= 0.3 is 5.97 Å². The van der Waals surface area contributed by atoms with E-state index in [1.54, 1.807) is 16.8 Å². The van der Waals surface area contributed by atoms with Crippen LogP contribution in [0, 0.1) is 13.8 Å². The molecule has 30 heavy (non-hydrogen) atoms. The van der Waals surface area contributed by atoms with Crippen LogP contribution in [0.2, 0.25) is 0 Å². The minimum Gasteiger partial charge on any atom is -0.465 e. The standard InChI is InChI=1S/C21H25N5O3S/c1-13-11-17(18(27)12-30-20-22-23-24-26(20)21(3,4)5)14(2)25(13)16-9-7-15(8-10-16)19(28)29-6/h7-11H,12H2,1-6H3. The summed E-state index contributed by atoms with van der Waals surface area (Å²) in [7, 11) is 1.35. The molecule has 3 aromatic rings. The number of esters is 1. The molecule has 158 valence electrons. The number of rotatable bonds is 6. The molecule has 0 N–H and O–H groups in total. The Labute approximate surface area is 179 Å². The van der Waals surface area contributed by atoms with Crippen molar-refractivity contribution >= 4 is 23.5 Å². The van der Waals surface area contributed by atoms with E-state index in [4.69, 9.17) is 4.74 Å². The Morgan fingerprint density at radius 1 is 1.13 bits per heavy atom. The van der Waals surface area contributed by atoms with Gasteiger partial charge in [-0.2, -0.15) is 0 Å². The maximum Gasteiger partial charge on any atom is 0.337 e. The molecule has 0 fully saturated rings. The zero-order valence-electron chi connectivity index (χ0n) is 18.0. The second-order valence-corrected chi connectivity index (χ2v) is 8.86. The van der Waals surface area contributed by atoms with Crippen LogP contribution in [0.1, 0.15) is 52.9 Å². The number of thioether (sulfide) groups is 1. The molecule has 1 aromatic carbocycles. The van der Waals surface area contributed by atoms with Crippen molar-refractivity contribution in [3.05, 3.63) is 52.8 Å². The Bertz CT molecular complexity index is 1080. The number of ether oxygens (including phenoxy) is 1. The van der Waals surface area contributed by atoms with Crippen LogP contribution in [0.15, 0.2) is 35.5 Å². The summed E-state index contributed by atoms with van der Waals surface area (Å²) in [6.45, 7) is 9.89. The maximum atomic E-state index is 12.9. The molecule has 0 bridgehead atoms. The minimum atomic E-state index is -0.381. The summed E-state index contributed by atoms with van der Waals surface area (Å²) in [4.78, 5) is 24.6. The molecule has 3 rings (SSSR count). The third kappa shape index (κ3) is 4.30. The van der Waals surface area contributed by atoms with Crippen molar-refractivity contribution in [2.24, 2.45) is 0 Å². The Kier molecular flexibility index (Phi) is 6.12. The fraction of sp³-hybridized carbons (Fsp3) is 0.381. The summed E-state index contributed by atoms with van der Waals surface area (Å²) >= 11 is 1.33. The Morgan fingerprint density at radius 3 is 2.40 bits per heavy atom.